The number of esters is 1. The lowest BCUT2D eigenvalue weighted by Gasteiger charge is -2.42. The number of carbonyl (C=O) groups excluding carboxylic acids is 1. The molecule has 1 atom stereocenters. The van der Waals surface area contributed by atoms with Gasteiger partial charge in [-0.05, 0) is 30.9 Å². The summed E-state index contributed by atoms with van der Waals surface area (Å²) in [6.45, 7) is 8.93. The predicted octanol–water partition coefficient (Wildman–Crippen LogP) is 3.44. The third-order valence-electron chi connectivity index (χ3n) is 5.15. The van der Waals surface area contributed by atoms with Crippen molar-refractivity contribution in [3.05, 3.63) is 35.1 Å². The second kappa shape index (κ2) is 5.36. The highest BCUT2D eigenvalue weighted by Gasteiger charge is 2.46. The molecular formula is C18H25NO2. The summed E-state index contributed by atoms with van der Waals surface area (Å²) in [5.41, 5.74) is 3.84. The maximum Gasteiger partial charge on any atom is 0.310 e. The zero-order chi connectivity index (χ0) is 15.0. The van der Waals surface area contributed by atoms with Crippen LogP contribution in [0.25, 0.3) is 0 Å². The van der Waals surface area contributed by atoms with Crippen LogP contribution in [0.3, 0.4) is 0 Å². The Morgan fingerprint density at radius 1 is 1.38 bits per heavy atom. The third kappa shape index (κ3) is 2.33. The molecule has 3 heteroatoms. The van der Waals surface area contributed by atoms with Gasteiger partial charge in [-0.2, -0.15) is 0 Å². The van der Waals surface area contributed by atoms with Crippen LogP contribution in [0, 0.1) is 11.3 Å². The van der Waals surface area contributed by atoms with E-state index in [0.717, 1.165) is 19.5 Å². The van der Waals surface area contributed by atoms with Crippen molar-refractivity contribution in [2.75, 3.05) is 19.7 Å². The molecule has 0 N–H and O–H groups in total. The lowest BCUT2D eigenvalue weighted by molar-refractivity contribution is -0.151. The summed E-state index contributed by atoms with van der Waals surface area (Å²) >= 11 is 0. The van der Waals surface area contributed by atoms with Gasteiger partial charge >= 0.3 is 5.97 Å². The van der Waals surface area contributed by atoms with Crippen LogP contribution in [0.4, 0.5) is 0 Å². The van der Waals surface area contributed by atoms with E-state index in [0.29, 0.717) is 6.61 Å². The zero-order valence-corrected chi connectivity index (χ0v) is 13.3. The maximum atomic E-state index is 12.5. The van der Waals surface area contributed by atoms with Crippen molar-refractivity contribution in [3.8, 4) is 0 Å². The average molecular weight is 287 g/mol. The van der Waals surface area contributed by atoms with Crippen LogP contribution in [-0.2, 0) is 9.53 Å². The Balaban J connectivity index is 1.98. The van der Waals surface area contributed by atoms with E-state index in [1.165, 1.54) is 29.7 Å². The summed E-state index contributed by atoms with van der Waals surface area (Å²) in [5, 5.41) is 0. The number of likely N-dealkylation sites (tertiary alicyclic amines) is 1. The fourth-order valence-corrected chi connectivity index (χ4v) is 3.89. The van der Waals surface area contributed by atoms with Crippen LogP contribution in [-0.4, -0.2) is 30.6 Å². The van der Waals surface area contributed by atoms with E-state index >= 15 is 0 Å². The van der Waals surface area contributed by atoms with Gasteiger partial charge in [-0.15, -0.1) is 0 Å². The molecule has 0 radical (unpaired) electrons. The van der Waals surface area contributed by atoms with E-state index in [-0.39, 0.29) is 17.3 Å². The summed E-state index contributed by atoms with van der Waals surface area (Å²) < 4.78 is 5.35. The second-order valence-electron chi connectivity index (χ2n) is 6.72. The summed E-state index contributed by atoms with van der Waals surface area (Å²) in [7, 11) is 0. The van der Waals surface area contributed by atoms with Crippen LogP contribution in [0.15, 0.2) is 35.1 Å². The first-order chi connectivity index (χ1) is 10.1. The predicted molar refractivity (Wildman–Crippen MR) is 83.6 cm³/mol. The van der Waals surface area contributed by atoms with Crippen molar-refractivity contribution in [1.29, 1.82) is 0 Å². The van der Waals surface area contributed by atoms with Gasteiger partial charge in [0.15, 0.2) is 0 Å². The topological polar surface area (TPSA) is 29.5 Å². The van der Waals surface area contributed by atoms with Crippen molar-refractivity contribution >= 4 is 5.97 Å². The molecule has 0 spiro atoms. The van der Waals surface area contributed by atoms with E-state index in [4.69, 9.17) is 4.74 Å². The molecule has 3 nitrogen and oxygen atoms in total. The van der Waals surface area contributed by atoms with Crippen molar-refractivity contribution in [2.24, 2.45) is 11.3 Å². The van der Waals surface area contributed by atoms with Crippen LogP contribution in [0.5, 0.6) is 0 Å². The summed E-state index contributed by atoms with van der Waals surface area (Å²) in [5.74, 6) is -0.131. The first-order valence-electron chi connectivity index (χ1n) is 8.09. The Hall–Kier alpha value is -1.51. The Morgan fingerprint density at radius 2 is 2.10 bits per heavy atom. The van der Waals surface area contributed by atoms with Gasteiger partial charge in [-0.1, -0.05) is 32.1 Å². The lowest BCUT2D eigenvalue weighted by Crippen LogP contribution is -2.40. The van der Waals surface area contributed by atoms with E-state index in [1.807, 2.05) is 6.92 Å². The molecule has 0 aromatic carbocycles. The number of allylic oxidation sites excluding steroid dienone is 6. The molecule has 0 bridgehead atoms. The molecule has 2 aliphatic carbocycles. The first kappa shape index (κ1) is 14.4. The maximum absolute atomic E-state index is 12.5. The van der Waals surface area contributed by atoms with Gasteiger partial charge < -0.3 is 9.64 Å². The van der Waals surface area contributed by atoms with Gasteiger partial charge in [-0.25, -0.2) is 0 Å². The van der Waals surface area contributed by atoms with Gasteiger partial charge in [0.25, 0.3) is 0 Å². The van der Waals surface area contributed by atoms with Gasteiger partial charge in [0.2, 0.25) is 0 Å². The summed E-state index contributed by atoms with van der Waals surface area (Å²) in [6, 6.07) is 0. The number of carbonyl (C=O) groups is 1. The molecule has 0 aromatic heterocycles. The highest BCUT2D eigenvalue weighted by atomic mass is 16.5. The summed E-state index contributed by atoms with van der Waals surface area (Å²) in [6.07, 6.45) is 9.84. The minimum Gasteiger partial charge on any atom is -0.466 e. The first-order valence-corrected chi connectivity index (χ1v) is 8.09. The number of ether oxygens (including phenoxy) is 1. The van der Waals surface area contributed by atoms with Crippen molar-refractivity contribution in [3.63, 3.8) is 0 Å². The molecule has 0 saturated carbocycles. The molecule has 1 saturated heterocycles. The van der Waals surface area contributed by atoms with Gasteiger partial charge in [0.05, 0.1) is 12.5 Å². The molecule has 3 aliphatic rings. The number of hydrogen-bond acceptors (Lipinski definition) is 3. The van der Waals surface area contributed by atoms with E-state index in [2.05, 4.69) is 37.0 Å². The molecule has 21 heavy (non-hydrogen) atoms. The highest BCUT2D eigenvalue weighted by Crippen LogP contribution is 2.50. The van der Waals surface area contributed by atoms with Gasteiger partial charge in [-0.3, -0.25) is 4.79 Å². The Bertz CT molecular complexity index is 533. The number of rotatable bonds is 3. The standard InChI is InChI=1S/C18H25NO2/c1-4-21-17(20)15-12-16(19-10-5-6-11-19)13-8-7-9-14(13)18(15,2)3/h7-9,15H,4-6,10-12H2,1-3H3. The minimum atomic E-state index is -0.158. The third-order valence-corrected chi connectivity index (χ3v) is 5.15. The Labute approximate surface area is 127 Å². The van der Waals surface area contributed by atoms with Crippen LogP contribution < -0.4 is 0 Å². The number of nitrogens with zero attached hydrogens (tertiary/aromatic N) is 1. The quantitative estimate of drug-likeness (QED) is 0.745. The van der Waals surface area contributed by atoms with E-state index in [1.54, 1.807) is 0 Å². The normalized spacial score (nSPS) is 26.9. The average Bonchev–Trinajstić information content (AvgIpc) is 3.10. The van der Waals surface area contributed by atoms with Gasteiger partial charge in [0.1, 0.15) is 0 Å². The molecule has 1 unspecified atom stereocenters. The Morgan fingerprint density at radius 3 is 2.76 bits per heavy atom. The van der Waals surface area contributed by atoms with Crippen LogP contribution in [0.1, 0.15) is 40.0 Å². The zero-order valence-electron chi connectivity index (χ0n) is 13.3. The molecule has 3 rings (SSSR count). The van der Waals surface area contributed by atoms with E-state index < -0.39 is 0 Å². The van der Waals surface area contributed by atoms with Gasteiger partial charge in [0, 0.05) is 30.6 Å². The molecule has 1 aliphatic heterocycles. The molecular weight excluding hydrogens is 262 g/mol. The summed E-state index contributed by atoms with van der Waals surface area (Å²) in [4.78, 5) is 14.9. The molecule has 0 aromatic rings. The van der Waals surface area contributed by atoms with Crippen molar-refractivity contribution in [1.82, 2.24) is 4.90 Å². The lowest BCUT2D eigenvalue weighted by atomic mass is 9.65. The SMILES string of the molecule is CCOC(=O)C1CC(N2CCCC2)=C2C=CC=C2C1(C)C. The van der Waals surface area contributed by atoms with E-state index in [9.17, 15) is 4.79 Å². The van der Waals surface area contributed by atoms with Crippen LogP contribution >= 0.6 is 0 Å². The monoisotopic (exact) mass is 287 g/mol. The molecule has 114 valence electrons. The number of fused-ring (bicyclic) bond motifs is 1. The molecule has 1 heterocycles. The van der Waals surface area contributed by atoms with Crippen LogP contribution in [0.2, 0.25) is 0 Å². The second-order valence-corrected chi connectivity index (χ2v) is 6.72. The largest absolute Gasteiger partial charge is 0.466 e. The molecule has 1 fully saturated rings. The fraction of sp³-hybridized carbons (Fsp3) is 0.611. The van der Waals surface area contributed by atoms with Crippen molar-refractivity contribution in [2.45, 2.75) is 40.0 Å². The number of hydrogen-bond donors (Lipinski definition) is 0. The van der Waals surface area contributed by atoms with Crippen molar-refractivity contribution < 1.29 is 9.53 Å². The molecule has 0 amide bonds. The fourth-order valence-electron chi connectivity index (χ4n) is 3.89. The Kier molecular flexibility index (Phi) is 3.68. The smallest absolute Gasteiger partial charge is 0.310 e. The highest BCUT2D eigenvalue weighted by molar-refractivity contribution is 5.77. The minimum absolute atomic E-state index is 0.0500.